The topological polar surface area (TPSA) is 571 Å². The number of carbonyl (C=O) groups is 12. The molecule has 133 heavy (non-hydrogen) atoms. The molecular formula is C84H103ClF3K2N6O29S8. The van der Waals surface area contributed by atoms with Crippen LogP contribution in [0.2, 0.25) is 0 Å². The summed E-state index contributed by atoms with van der Waals surface area (Å²) in [5.41, 5.74) is 5.24. The maximum absolute atomic E-state index is 12.8. The largest absolute Gasteiger partial charge is 1.00 e. The Kier molecular flexibility index (Phi) is 76.1. The summed E-state index contributed by atoms with van der Waals surface area (Å²) in [5.74, 6) is -13.7. The van der Waals surface area contributed by atoms with Crippen LogP contribution in [0.15, 0.2) is 274 Å². The quantitative estimate of drug-likeness (QED) is 0.00397. The zero-order valence-corrected chi connectivity index (χ0v) is 87.9. The minimum Gasteiger partial charge on any atom is -0.662 e. The van der Waals surface area contributed by atoms with E-state index < -0.39 is 158 Å². The average molecular weight is 2090 g/mol. The summed E-state index contributed by atoms with van der Waals surface area (Å²) in [6.07, 6.45) is 0. The molecule has 49 heteroatoms. The second-order valence-electron chi connectivity index (χ2n) is 25.0. The third-order valence-electron chi connectivity index (χ3n) is 14.5. The van der Waals surface area contributed by atoms with Crippen molar-refractivity contribution < 1.29 is 201 Å². The van der Waals surface area contributed by atoms with Gasteiger partial charge in [0.2, 0.25) is 23.6 Å². The molecule has 0 saturated heterocycles. The predicted octanol–water partition coefficient (Wildman–Crippen LogP) is 5.60. The van der Waals surface area contributed by atoms with E-state index in [9.17, 15) is 90.0 Å². The number of carbonyl (C=O) groups excluding carboxylic acids is 7. The molecule has 8 aromatic carbocycles. The van der Waals surface area contributed by atoms with Crippen LogP contribution in [0.1, 0.15) is 62.3 Å². The molecule has 4 amide bonds. The van der Waals surface area contributed by atoms with E-state index in [1.807, 2.05) is 96.3 Å². The van der Waals surface area contributed by atoms with Gasteiger partial charge in [0.25, 0.3) is 18.4 Å². The molecule has 8 rings (SSSR count). The van der Waals surface area contributed by atoms with Gasteiger partial charge in [-0.2, -0.15) is 0 Å². The molecule has 0 saturated carbocycles. The van der Waals surface area contributed by atoms with Crippen LogP contribution in [0.4, 0.5) is 13.2 Å². The standard InChI is InChI=1S/C17H17NO5S2.C15H15NO4S2.C12H14FNO5S.C11H12FNO5S.C6H5FS.C6H9NO3.C6H15N.C6H6S.2C2H4O2.CH2O3.ClH.2K/c1-12(19)18-16(17(20)21)11-25(22,23)15-9-7-14(8-10-15)24-13-5-3-2-4-6-13;16-14(15(17)18)10-22(19,20)13-8-6-12(7-9-13)21-11-4-2-1-3-5-11;1-8(15)14-11(12(16)19-2)7-20(17,18)10-5-3-9(13)4-6-10;1-7(14)13-10(11(15)16)6-19(17,18)9-4-2-8(12)3-5-9;7-5-1-3-6(8)4-2-5;1-4(6(9)10-3)7-5(2)8;1-4-7(5-2)6-3;7-6-4-2-1-3-5-6;2*1-2(3)4;2-1-4-3;;;/h2-10,16H,11H2,1H3,(H,18,19)(H,20,21);1-9,14H,10,16H2,(H,17,18);3-6,11H,7H2,1-2H3,(H,14,15);2-5,10H,6H2,1H3,(H,13,14)(H,15,16);1-4,8H;1H2,2-3H3,(H,7,8);4-6H2,1-3H3;1-5,7H;2*1H3,(H,3,4);1,3H;1H;;/q;;;;;;;;;;;;;+1/p-1. The maximum atomic E-state index is 12.8. The summed E-state index contributed by atoms with van der Waals surface area (Å²) < 4.78 is 143. The number of rotatable bonds is 29. The molecule has 0 aliphatic heterocycles. The van der Waals surface area contributed by atoms with Gasteiger partial charge in [-0.3, -0.25) is 38.4 Å². The summed E-state index contributed by atoms with van der Waals surface area (Å²) in [7, 11) is -13.0. The minimum atomic E-state index is -3.93. The molecule has 0 bridgehead atoms. The number of carboxylic acids is 5. The molecular weight excluding hydrogens is 1980 g/mol. The number of hydrogen-bond donors (Lipinski definition) is 12. The molecule has 0 aromatic heterocycles. The average Bonchev–Trinajstić information content (AvgIpc) is 0.832. The number of benzene rings is 8. The van der Waals surface area contributed by atoms with Crippen molar-refractivity contribution in [3.63, 3.8) is 0 Å². The van der Waals surface area contributed by atoms with Gasteiger partial charge in [-0.1, -0.05) is 105 Å². The van der Waals surface area contributed by atoms with Crippen molar-refractivity contribution in [2.75, 3.05) is 56.9 Å². The van der Waals surface area contributed by atoms with Crippen molar-refractivity contribution >= 4 is 224 Å². The summed E-state index contributed by atoms with van der Waals surface area (Å²) in [6.45, 7) is 20.0. The molecule has 35 nitrogen and oxygen atoms in total. The Labute approximate surface area is 880 Å². The van der Waals surface area contributed by atoms with Crippen molar-refractivity contribution in [3.8, 4) is 0 Å². The third kappa shape index (κ3) is 67.4. The molecule has 4 atom stereocenters. The summed E-state index contributed by atoms with van der Waals surface area (Å²) in [5, 5.41) is 58.4. The molecule has 0 heterocycles. The fourth-order valence-electron chi connectivity index (χ4n) is 8.64. The number of nitrogens with two attached hydrogens (primary N) is 1. The Hall–Kier alpha value is -8.43. The molecule has 1 radical (unpaired) electrons. The van der Waals surface area contributed by atoms with E-state index in [1.54, 1.807) is 36.4 Å². The van der Waals surface area contributed by atoms with Gasteiger partial charge in [-0.25, -0.2) is 66.0 Å². The van der Waals surface area contributed by atoms with Crippen LogP contribution in [0, 0.1) is 17.5 Å². The Morgan fingerprint density at radius 2 is 0.684 bits per heavy atom. The van der Waals surface area contributed by atoms with Gasteiger partial charge in [0.1, 0.15) is 47.3 Å². The molecule has 0 aliphatic rings. The SMILES string of the molecule is C=C(NC(C)=O)C(=O)OC.CC(=O)NC(CS(=O)(=O)c1ccc(F)cc1)C(=O)O.CC(=O)NC(CS(=O)(=O)c1ccc(Sc2ccccc2)cc1)C(=O)O.CC(=O)O.CC(=O)O.CCN(CC)CC.COC(=O)C(CS(=O)(=O)c1ccc(F)cc1)NC(C)=O.Cl.Fc1ccc(S)cc1.NC(CS(=O)(=O)c1ccc(Sc2ccccc2)cc1)C(=O)O.O=CO[O-].Sc1ccccc1.[K+].[K]. The number of sulfone groups is 4. The number of methoxy groups -OCH3 is 2. The van der Waals surface area contributed by atoms with Gasteiger partial charge < -0.3 is 77.1 Å². The minimum absolute atomic E-state index is 0. The van der Waals surface area contributed by atoms with Gasteiger partial charge >= 0.3 is 81.2 Å². The van der Waals surface area contributed by atoms with E-state index >= 15 is 0 Å². The Bertz CT molecular complexity index is 5300. The van der Waals surface area contributed by atoms with Gasteiger partial charge in [-0.15, -0.1) is 37.7 Å². The van der Waals surface area contributed by atoms with Crippen LogP contribution in [0.5, 0.6) is 0 Å². The first-order chi connectivity index (χ1) is 60.6. The van der Waals surface area contributed by atoms with E-state index in [0.29, 0.717) is 0 Å². The number of nitrogens with zero attached hydrogens (tertiary/aromatic N) is 1. The first kappa shape index (κ1) is 135. The normalized spacial score (nSPS) is 10.8. The van der Waals surface area contributed by atoms with E-state index in [1.165, 1.54) is 93.6 Å². The Balaban J connectivity index is -0.000000350. The number of amides is 4. The van der Waals surface area contributed by atoms with Crippen LogP contribution in [0.3, 0.4) is 0 Å². The van der Waals surface area contributed by atoms with E-state index in [0.717, 1.165) is 120 Å². The summed E-state index contributed by atoms with van der Waals surface area (Å²) >= 11 is 11.0. The summed E-state index contributed by atoms with van der Waals surface area (Å²) in [4.78, 5) is 135. The van der Waals surface area contributed by atoms with E-state index in [4.69, 9.17) is 50.9 Å². The van der Waals surface area contributed by atoms with Crippen molar-refractivity contribution in [2.45, 2.75) is 135 Å². The maximum Gasteiger partial charge on any atom is 1.00 e. The van der Waals surface area contributed by atoms with Crippen LogP contribution in [-0.4, -0.2) is 268 Å². The number of ether oxygens (including phenoxy) is 2. The zero-order chi connectivity index (χ0) is 100. The van der Waals surface area contributed by atoms with E-state index in [-0.39, 0.29) is 159 Å². The number of nitrogens with one attached hydrogen (secondary N) is 4. The van der Waals surface area contributed by atoms with Gasteiger partial charge in [0.15, 0.2) is 39.3 Å². The molecule has 721 valence electrons. The van der Waals surface area contributed by atoms with Crippen molar-refractivity contribution in [2.24, 2.45) is 5.73 Å². The van der Waals surface area contributed by atoms with Crippen LogP contribution in [0.25, 0.3) is 0 Å². The van der Waals surface area contributed by atoms with Crippen molar-refractivity contribution in [3.05, 3.63) is 242 Å². The van der Waals surface area contributed by atoms with Crippen molar-refractivity contribution in [1.82, 2.24) is 26.2 Å². The van der Waals surface area contributed by atoms with Gasteiger partial charge in [0, 0.05) is 122 Å². The second kappa shape index (κ2) is 74.8. The van der Waals surface area contributed by atoms with Crippen LogP contribution in [-0.2, 0) is 111 Å². The third-order valence-corrected chi connectivity index (χ3v) is 24.2. The van der Waals surface area contributed by atoms with Crippen molar-refractivity contribution in [1.29, 1.82) is 0 Å². The molecule has 11 N–H and O–H groups in total. The number of esters is 2. The molecule has 0 fully saturated rings. The zero-order valence-electron chi connectivity index (χ0n) is 74.2. The predicted molar refractivity (Wildman–Crippen MR) is 493 cm³/mol. The fourth-order valence-corrected chi connectivity index (χ4v) is 16.2. The molecule has 8 aromatic rings. The number of thiol groups is 2. The second-order valence-corrected chi connectivity index (χ2v) is 36.5. The summed E-state index contributed by atoms with van der Waals surface area (Å²) in [6, 6.07) is 50.0. The fraction of sp³-hybridized carbons (Fsp3) is 0.262. The number of halogens is 4. The molecule has 0 aliphatic carbocycles. The number of aliphatic carboxylic acids is 5. The van der Waals surface area contributed by atoms with Crippen LogP contribution >= 0.6 is 61.2 Å². The smallest absolute Gasteiger partial charge is 0.662 e. The Morgan fingerprint density at radius 1 is 0.436 bits per heavy atom. The monoisotopic (exact) mass is 2090 g/mol. The number of carboxylic acid groups (broad SMARTS) is 5. The van der Waals surface area contributed by atoms with Crippen LogP contribution < -0.4 is 83.6 Å². The van der Waals surface area contributed by atoms with Gasteiger partial charge in [0.05, 0.1) is 56.8 Å². The Morgan fingerprint density at radius 3 is 0.902 bits per heavy atom. The molecule has 4 unspecified atom stereocenters. The first-order valence-corrected chi connectivity index (χ1v) is 46.2. The first-order valence-electron chi connectivity index (χ1n) is 37.1. The molecule has 0 spiro atoms. The van der Waals surface area contributed by atoms with Gasteiger partial charge in [-0.05, 0) is 177 Å². The number of hydrogen-bond acceptors (Lipinski definition) is 30. The van der Waals surface area contributed by atoms with E-state index in [2.05, 4.69) is 87.8 Å².